The quantitative estimate of drug-likeness (QED) is 0.751. The number of rotatable bonds is 2. The molecule has 0 aliphatic carbocycles. The lowest BCUT2D eigenvalue weighted by molar-refractivity contribution is 0.0297. The van der Waals surface area contributed by atoms with Crippen LogP contribution in [0.1, 0.15) is 34.9 Å². The van der Waals surface area contributed by atoms with Crippen LogP contribution in [0.3, 0.4) is 0 Å². The van der Waals surface area contributed by atoms with E-state index in [1.54, 1.807) is 23.1 Å². The zero-order valence-electron chi connectivity index (χ0n) is 16.4. The summed E-state index contributed by atoms with van der Waals surface area (Å²) < 4.78 is 33.4. The van der Waals surface area contributed by atoms with E-state index >= 15 is 0 Å². The third-order valence-electron chi connectivity index (χ3n) is 5.99. The fourth-order valence-electron chi connectivity index (χ4n) is 4.56. The Morgan fingerprint density at radius 2 is 2.07 bits per heavy atom. The van der Waals surface area contributed by atoms with E-state index in [4.69, 9.17) is 21.4 Å². The number of piperidine rings is 1. The molecule has 4 heterocycles. The minimum Gasteiger partial charge on any atom is -0.378 e. The fraction of sp³-hybridized carbons (Fsp3) is 0.500. The number of nitrogens with zero attached hydrogens (tertiary/aromatic N) is 3. The molecule has 10 heteroatoms. The number of sulfone groups is 1. The molecule has 2 saturated heterocycles. The molecular weight excluding hydrogens is 428 g/mol. The van der Waals surface area contributed by atoms with Crippen LogP contribution in [0.4, 0.5) is 0 Å². The second kappa shape index (κ2) is 7.64. The Bertz CT molecular complexity index is 1100. The van der Waals surface area contributed by atoms with Crippen LogP contribution in [-0.4, -0.2) is 68.4 Å². The number of hydrogen-bond acceptors (Lipinski definition) is 6. The molecule has 1 atom stereocenters. The second-order valence-electron chi connectivity index (χ2n) is 7.90. The van der Waals surface area contributed by atoms with Crippen molar-refractivity contribution in [3.8, 4) is 11.3 Å². The molecule has 5 rings (SSSR count). The maximum absolute atomic E-state index is 13.3. The predicted octanol–water partition coefficient (Wildman–Crippen LogP) is 1.89. The van der Waals surface area contributed by atoms with Crippen LogP contribution in [-0.2, 0) is 20.3 Å². The van der Waals surface area contributed by atoms with Crippen LogP contribution in [0.2, 0.25) is 5.02 Å². The first-order chi connectivity index (χ1) is 14.5. The van der Waals surface area contributed by atoms with Gasteiger partial charge in [-0.05, 0) is 25.5 Å². The Labute approximate surface area is 180 Å². The van der Waals surface area contributed by atoms with Crippen molar-refractivity contribution in [3.05, 3.63) is 34.5 Å². The zero-order valence-corrected chi connectivity index (χ0v) is 18.0. The van der Waals surface area contributed by atoms with E-state index in [2.05, 4.69) is 5.32 Å². The zero-order chi connectivity index (χ0) is 20.9. The monoisotopic (exact) mass is 450 g/mol. The van der Waals surface area contributed by atoms with Crippen molar-refractivity contribution in [3.63, 3.8) is 0 Å². The molecule has 1 unspecified atom stereocenters. The molecular formula is C20H23ClN4O4S. The van der Waals surface area contributed by atoms with Gasteiger partial charge in [-0.1, -0.05) is 23.7 Å². The van der Waals surface area contributed by atoms with Crippen LogP contribution in [0, 0.1) is 0 Å². The summed E-state index contributed by atoms with van der Waals surface area (Å²) in [7, 11) is -3.69. The van der Waals surface area contributed by atoms with E-state index in [1.165, 1.54) is 0 Å². The van der Waals surface area contributed by atoms with E-state index in [-0.39, 0.29) is 33.3 Å². The van der Waals surface area contributed by atoms with Crippen LogP contribution in [0.25, 0.3) is 11.3 Å². The van der Waals surface area contributed by atoms with Crippen molar-refractivity contribution in [1.82, 2.24) is 20.0 Å². The van der Waals surface area contributed by atoms with Gasteiger partial charge in [-0.3, -0.25) is 9.48 Å². The molecule has 1 amide bonds. The summed E-state index contributed by atoms with van der Waals surface area (Å²) in [5.41, 5.74) is 1.94. The van der Waals surface area contributed by atoms with E-state index in [0.717, 1.165) is 25.9 Å². The Morgan fingerprint density at radius 1 is 1.27 bits per heavy atom. The van der Waals surface area contributed by atoms with Crippen LogP contribution in [0.15, 0.2) is 23.1 Å². The summed E-state index contributed by atoms with van der Waals surface area (Å²) in [5.74, 6) is -0.511. The van der Waals surface area contributed by atoms with Crippen LogP contribution < -0.4 is 5.32 Å². The molecule has 2 fully saturated rings. The molecule has 1 N–H and O–H groups in total. The van der Waals surface area contributed by atoms with Gasteiger partial charge in [-0.15, -0.1) is 0 Å². The minimum atomic E-state index is -3.69. The Morgan fingerprint density at radius 3 is 2.80 bits per heavy atom. The van der Waals surface area contributed by atoms with Crippen molar-refractivity contribution < 1.29 is 17.9 Å². The van der Waals surface area contributed by atoms with Gasteiger partial charge < -0.3 is 15.0 Å². The van der Waals surface area contributed by atoms with E-state index in [0.29, 0.717) is 43.1 Å². The van der Waals surface area contributed by atoms with Crippen molar-refractivity contribution >= 4 is 27.3 Å². The van der Waals surface area contributed by atoms with Gasteiger partial charge in [-0.2, -0.15) is 5.10 Å². The topological polar surface area (TPSA) is 93.5 Å². The largest absolute Gasteiger partial charge is 0.378 e. The molecule has 8 nitrogen and oxygen atoms in total. The highest BCUT2D eigenvalue weighted by Gasteiger charge is 2.39. The lowest BCUT2D eigenvalue weighted by Crippen LogP contribution is -2.41. The Balaban J connectivity index is 1.71. The Kier molecular flexibility index (Phi) is 5.09. The molecule has 2 aromatic rings. The van der Waals surface area contributed by atoms with Crippen molar-refractivity contribution in [2.45, 2.75) is 29.5 Å². The molecule has 1 aromatic carbocycles. The third kappa shape index (κ3) is 3.24. The molecule has 3 aliphatic heterocycles. The van der Waals surface area contributed by atoms with Crippen LogP contribution in [0.5, 0.6) is 0 Å². The van der Waals surface area contributed by atoms with Crippen molar-refractivity contribution in [1.29, 1.82) is 0 Å². The highest BCUT2D eigenvalue weighted by atomic mass is 35.5. The molecule has 160 valence electrons. The van der Waals surface area contributed by atoms with Gasteiger partial charge in [0.05, 0.1) is 40.6 Å². The molecule has 0 radical (unpaired) electrons. The SMILES string of the molecule is O=C(c1nn(C2CCCNC2)c2c1CS(=O)(=O)c1c(Cl)cccc1-2)N1CCOCC1. The summed E-state index contributed by atoms with van der Waals surface area (Å²) in [6.45, 7) is 3.55. The number of halogens is 1. The van der Waals surface area contributed by atoms with Gasteiger partial charge in [0.1, 0.15) is 0 Å². The predicted molar refractivity (Wildman–Crippen MR) is 111 cm³/mol. The standard InChI is InChI=1S/C20H23ClN4O4S/c21-16-5-1-4-14-18-15(12-30(27,28)19(14)16)17(20(26)24-7-9-29-10-8-24)23-25(18)13-3-2-6-22-11-13/h1,4-5,13,22H,2-3,6-12H2. The number of hydrogen-bond donors (Lipinski definition) is 1. The van der Waals surface area contributed by atoms with Gasteiger partial charge in [0.15, 0.2) is 15.5 Å². The normalized spacial score (nSPS) is 23.0. The first kappa shape index (κ1) is 20.0. The molecule has 0 spiro atoms. The smallest absolute Gasteiger partial charge is 0.274 e. The summed E-state index contributed by atoms with van der Waals surface area (Å²) >= 11 is 6.31. The fourth-order valence-corrected chi connectivity index (χ4v) is 6.75. The van der Waals surface area contributed by atoms with Gasteiger partial charge >= 0.3 is 0 Å². The highest BCUT2D eigenvalue weighted by molar-refractivity contribution is 7.91. The average molecular weight is 451 g/mol. The maximum Gasteiger partial charge on any atom is 0.274 e. The summed E-state index contributed by atoms with van der Waals surface area (Å²) in [6.07, 6.45) is 1.90. The number of benzene rings is 1. The number of amides is 1. The average Bonchev–Trinajstić information content (AvgIpc) is 3.13. The van der Waals surface area contributed by atoms with Crippen molar-refractivity contribution in [2.75, 3.05) is 39.4 Å². The lowest BCUT2D eigenvalue weighted by Gasteiger charge is -2.27. The summed E-state index contributed by atoms with van der Waals surface area (Å²) in [4.78, 5) is 15.1. The first-order valence-corrected chi connectivity index (χ1v) is 12.2. The van der Waals surface area contributed by atoms with Crippen molar-refractivity contribution in [2.24, 2.45) is 0 Å². The second-order valence-corrected chi connectivity index (χ2v) is 10.2. The lowest BCUT2D eigenvalue weighted by atomic mass is 10.0. The number of fused-ring (bicyclic) bond motifs is 3. The Hall–Kier alpha value is -1.94. The molecule has 30 heavy (non-hydrogen) atoms. The number of ether oxygens (including phenoxy) is 1. The van der Waals surface area contributed by atoms with Gasteiger partial charge in [0, 0.05) is 30.8 Å². The van der Waals surface area contributed by atoms with Gasteiger partial charge in [-0.25, -0.2) is 8.42 Å². The number of nitrogens with one attached hydrogen (secondary N) is 1. The molecule has 1 aromatic heterocycles. The highest BCUT2D eigenvalue weighted by Crippen LogP contribution is 2.44. The third-order valence-corrected chi connectivity index (χ3v) is 8.15. The van der Waals surface area contributed by atoms with Gasteiger partial charge in [0.2, 0.25) is 0 Å². The molecule has 0 bridgehead atoms. The first-order valence-electron chi connectivity index (χ1n) is 10.2. The maximum atomic E-state index is 13.3. The number of aromatic nitrogens is 2. The number of carbonyl (C=O) groups is 1. The molecule has 3 aliphatic rings. The van der Waals surface area contributed by atoms with E-state index < -0.39 is 9.84 Å². The van der Waals surface area contributed by atoms with Gasteiger partial charge in [0.25, 0.3) is 5.91 Å². The minimum absolute atomic E-state index is 0.0476. The molecule has 0 saturated carbocycles. The van der Waals surface area contributed by atoms with Crippen LogP contribution >= 0.6 is 11.6 Å². The van der Waals surface area contributed by atoms with E-state index in [9.17, 15) is 13.2 Å². The number of carbonyl (C=O) groups excluding carboxylic acids is 1. The van der Waals surface area contributed by atoms with E-state index in [1.807, 2.05) is 4.68 Å². The number of morpholine rings is 1. The summed E-state index contributed by atoms with van der Waals surface area (Å²) in [5, 5.41) is 8.30. The summed E-state index contributed by atoms with van der Waals surface area (Å²) in [6, 6.07) is 5.14.